The van der Waals surface area contributed by atoms with Gasteiger partial charge in [-0.3, -0.25) is 14.4 Å². The number of hydrogen-bond donors (Lipinski definition) is 0. The van der Waals surface area contributed by atoms with Gasteiger partial charge in [0.15, 0.2) is 6.10 Å². The van der Waals surface area contributed by atoms with Crippen LogP contribution in [0.3, 0.4) is 0 Å². The standard InChI is InChI=1S/C77H124O6/c1-4-7-10-13-16-19-22-25-27-29-31-32-33-34-35-36-37-38-39-40-41-42-43-44-46-47-49-52-55-58-61-64-67-70-76(79)82-73-74(72-81-75(78)69-66-63-60-57-54-51-24-21-18-15-12-9-6-3)83-77(80)71-68-65-62-59-56-53-50-48-45-30-28-26-23-20-17-14-11-8-5-2/h7-8,10-11,16-17,19-21,24-28,31-32,34-35,37-38,45,48,53,56,62,65,74H,4-6,9,12-15,18,22-23,29-30,33,36,39-44,46-47,49-52,54-55,57-61,63-64,66-73H2,1-3H3/b10-7-,11-8-,19-16-,20-17-,24-21-,27-25-,28-26-,32-31-,35-34-,38-37-,48-45-,56-53-,65-62-. The number of ether oxygens (including phenoxy) is 3. The van der Waals surface area contributed by atoms with E-state index in [1.54, 1.807) is 0 Å². The third-order valence-corrected chi connectivity index (χ3v) is 14.0. The van der Waals surface area contributed by atoms with Crippen molar-refractivity contribution in [3.05, 3.63) is 158 Å². The second-order valence-corrected chi connectivity index (χ2v) is 22.0. The summed E-state index contributed by atoms with van der Waals surface area (Å²) >= 11 is 0. The van der Waals surface area contributed by atoms with Gasteiger partial charge in [-0.05, 0) is 135 Å². The predicted molar refractivity (Wildman–Crippen MR) is 362 cm³/mol. The van der Waals surface area contributed by atoms with Crippen LogP contribution in [-0.2, 0) is 28.6 Å². The Balaban J connectivity index is 4.32. The van der Waals surface area contributed by atoms with E-state index in [1.807, 2.05) is 6.08 Å². The molecule has 1 unspecified atom stereocenters. The maximum Gasteiger partial charge on any atom is 0.306 e. The Morgan fingerprint density at radius 3 is 0.795 bits per heavy atom. The number of unbranched alkanes of at least 4 members (excludes halogenated alkanes) is 23. The summed E-state index contributed by atoms with van der Waals surface area (Å²) in [5.41, 5.74) is 0. The molecule has 6 heteroatoms. The van der Waals surface area contributed by atoms with E-state index in [2.05, 4.69) is 173 Å². The summed E-state index contributed by atoms with van der Waals surface area (Å²) in [6.07, 6.45) is 101. The van der Waals surface area contributed by atoms with Crippen molar-refractivity contribution in [1.82, 2.24) is 0 Å². The lowest BCUT2D eigenvalue weighted by Crippen LogP contribution is -2.30. The first kappa shape index (κ1) is 78.0. The molecule has 0 bridgehead atoms. The van der Waals surface area contributed by atoms with E-state index < -0.39 is 12.1 Å². The van der Waals surface area contributed by atoms with E-state index >= 15 is 0 Å². The molecule has 0 aromatic heterocycles. The van der Waals surface area contributed by atoms with Crippen molar-refractivity contribution >= 4 is 17.9 Å². The Morgan fingerprint density at radius 2 is 0.494 bits per heavy atom. The second-order valence-electron chi connectivity index (χ2n) is 22.0. The number of rotatable bonds is 60. The topological polar surface area (TPSA) is 78.9 Å². The van der Waals surface area contributed by atoms with E-state index in [-0.39, 0.29) is 31.6 Å². The lowest BCUT2D eigenvalue weighted by atomic mass is 10.0. The van der Waals surface area contributed by atoms with Gasteiger partial charge >= 0.3 is 17.9 Å². The summed E-state index contributed by atoms with van der Waals surface area (Å²) < 4.78 is 16.8. The van der Waals surface area contributed by atoms with Crippen LogP contribution < -0.4 is 0 Å². The maximum atomic E-state index is 12.9. The van der Waals surface area contributed by atoms with Crippen molar-refractivity contribution in [3.63, 3.8) is 0 Å². The molecule has 0 aromatic rings. The molecular formula is C77H124O6. The van der Waals surface area contributed by atoms with Crippen molar-refractivity contribution in [1.29, 1.82) is 0 Å². The van der Waals surface area contributed by atoms with Crippen molar-refractivity contribution in [3.8, 4) is 0 Å². The van der Waals surface area contributed by atoms with Crippen LogP contribution in [0.5, 0.6) is 0 Å². The van der Waals surface area contributed by atoms with Crippen molar-refractivity contribution in [2.75, 3.05) is 13.2 Å². The number of esters is 3. The average molecular weight is 1150 g/mol. The van der Waals surface area contributed by atoms with Gasteiger partial charge in [-0.15, -0.1) is 0 Å². The van der Waals surface area contributed by atoms with Crippen LogP contribution in [0.25, 0.3) is 0 Å². The molecule has 0 saturated carbocycles. The SMILES string of the molecule is CC/C=C\C/C=C\C/C=C\C/C=C\C/C=C\C/C=C\CCCCCCCCCCCCCCCCC(=O)OCC(COC(=O)CCCCCCC/C=C\CCCCCC)OC(=O)CC/C=C\C/C=C\C/C=C\C/C=C\C/C=C\C/C=C\CC. The zero-order chi connectivity index (χ0) is 59.9. The minimum absolute atomic E-state index is 0.115. The molecule has 0 spiro atoms. The molecule has 0 N–H and O–H groups in total. The van der Waals surface area contributed by atoms with E-state index in [1.165, 1.54) is 116 Å². The number of carbonyl (C=O) groups excluding carboxylic acids is 3. The highest BCUT2D eigenvalue weighted by Crippen LogP contribution is 2.16. The first-order valence-corrected chi connectivity index (χ1v) is 34.0. The predicted octanol–water partition coefficient (Wildman–Crippen LogP) is 23.7. The molecule has 0 rings (SSSR count). The first-order chi connectivity index (χ1) is 41.0. The van der Waals surface area contributed by atoms with Crippen LogP contribution in [0.15, 0.2) is 158 Å². The Kier molecular flexibility index (Phi) is 65.4. The summed E-state index contributed by atoms with van der Waals surface area (Å²) in [5.74, 6) is -1.01. The van der Waals surface area contributed by atoms with Gasteiger partial charge < -0.3 is 14.2 Å². The van der Waals surface area contributed by atoms with E-state index in [9.17, 15) is 14.4 Å². The summed E-state index contributed by atoms with van der Waals surface area (Å²) in [6, 6.07) is 0. The molecule has 0 aliphatic heterocycles. The van der Waals surface area contributed by atoms with Gasteiger partial charge in [0, 0.05) is 19.3 Å². The normalized spacial score (nSPS) is 13.1. The molecule has 468 valence electrons. The van der Waals surface area contributed by atoms with Gasteiger partial charge in [0.05, 0.1) is 0 Å². The molecule has 0 aliphatic carbocycles. The number of hydrogen-bond acceptors (Lipinski definition) is 6. The highest BCUT2D eigenvalue weighted by Gasteiger charge is 2.19. The van der Waals surface area contributed by atoms with Crippen LogP contribution in [-0.4, -0.2) is 37.2 Å². The molecule has 0 fully saturated rings. The van der Waals surface area contributed by atoms with Gasteiger partial charge in [-0.25, -0.2) is 0 Å². The average Bonchev–Trinajstić information content (AvgIpc) is 3.49. The lowest BCUT2D eigenvalue weighted by Gasteiger charge is -2.18. The molecule has 1 atom stereocenters. The van der Waals surface area contributed by atoms with E-state index in [4.69, 9.17) is 14.2 Å². The number of allylic oxidation sites excluding steroid dienone is 26. The highest BCUT2D eigenvalue weighted by atomic mass is 16.6. The molecule has 6 nitrogen and oxygen atoms in total. The number of carbonyl (C=O) groups is 3. The largest absolute Gasteiger partial charge is 0.462 e. The molecular weight excluding hydrogens is 1020 g/mol. The van der Waals surface area contributed by atoms with Gasteiger partial charge in [-0.2, -0.15) is 0 Å². The molecule has 0 radical (unpaired) electrons. The zero-order valence-corrected chi connectivity index (χ0v) is 53.7. The van der Waals surface area contributed by atoms with Gasteiger partial charge in [0.1, 0.15) is 13.2 Å². The van der Waals surface area contributed by atoms with Crippen molar-refractivity contribution in [2.24, 2.45) is 0 Å². The fourth-order valence-corrected chi connectivity index (χ4v) is 9.00. The smallest absolute Gasteiger partial charge is 0.306 e. The fraction of sp³-hybridized carbons (Fsp3) is 0.623. The monoisotopic (exact) mass is 1140 g/mol. The molecule has 83 heavy (non-hydrogen) atoms. The quantitative estimate of drug-likeness (QED) is 0.0261. The van der Waals surface area contributed by atoms with Gasteiger partial charge in [-0.1, -0.05) is 294 Å². The third-order valence-electron chi connectivity index (χ3n) is 14.0. The Bertz CT molecular complexity index is 1840. The van der Waals surface area contributed by atoms with E-state index in [0.717, 1.165) is 128 Å². The van der Waals surface area contributed by atoms with Crippen molar-refractivity contribution < 1.29 is 28.6 Å². The zero-order valence-electron chi connectivity index (χ0n) is 53.7. The summed E-state index contributed by atoms with van der Waals surface area (Å²) in [6.45, 7) is 6.33. The van der Waals surface area contributed by atoms with E-state index in [0.29, 0.717) is 19.3 Å². The molecule has 0 saturated heterocycles. The second kappa shape index (κ2) is 69.5. The minimum Gasteiger partial charge on any atom is -0.462 e. The third kappa shape index (κ3) is 67.7. The molecule has 0 aliphatic rings. The summed E-state index contributed by atoms with van der Waals surface area (Å²) in [7, 11) is 0. The van der Waals surface area contributed by atoms with Crippen LogP contribution in [0.2, 0.25) is 0 Å². The van der Waals surface area contributed by atoms with Gasteiger partial charge in [0.2, 0.25) is 0 Å². The molecule has 0 heterocycles. The summed E-state index contributed by atoms with van der Waals surface area (Å²) in [4.78, 5) is 38.3. The lowest BCUT2D eigenvalue weighted by molar-refractivity contribution is -0.166. The van der Waals surface area contributed by atoms with Gasteiger partial charge in [0.25, 0.3) is 0 Å². The first-order valence-electron chi connectivity index (χ1n) is 34.0. The van der Waals surface area contributed by atoms with Crippen LogP contribution in [0, 0.1) is 0 Å². The minimum atomic E-state index is -0.829. The Morgan fingerprint density at radius 1 is 0.253 bits per heavy atom. The fourth-order valence-electron chi connectivity index (χ4n) is 9.00. The molecule has 0 aromatic carbocycles. The Hall–Kier alpha value is -4.97. The highest BCUT2D eigenvalue weighted by molar-refractivity contribution is 5.71. The summed E-state index contributed by atoms with van der Waals surface area (Å²) in [5, 5.41) is 0. The van der Waals surface area contributed by atoms with Crippen LogP contribution in [0.4, 0.5) is 0 Å². The van der Waals surface area contributed by atoms with Crippen molar-refractivity contribution in [2.45, 2.75) is 297 Å². The van der Waals surface area contributed by atoms with Crippen LogP contribution in [0.1, 0.15) is 290 Å². The Labute approximate surface area is 511 Å². The van der Waals surface area contributed by atoms with Crippen LogP contribution >= 0.6 is 0 Å². The maximum absolute atomic E-state index is 12.9. The molecule has 0 amide bonds.